The summed E-state index contributed by atoms with van der Waals surface area (Å²) in [4.78, 5) is 10.8. The molecule has 0 aromatic carbocycles. The molecule has 0 spiro atoms. The first-order valence-corrected chi connectivity index (χ1v) is 5.18. The summed E-state index contributed by atoms with van der Waals surface area (Å²) >= 11 is 0. The number of hydrogen-bond donors (Lipinski definition) is 2. The van der Waals surface area contributed by atoms with E-state index in [0.717, 1.165) is 18.7 Å². The van der Waals surface area contributed by atoms with Crippen molar-refractivity contribution in [2.24, 2.45) is 5.73 Å². The third-order valence-electron chi connectivity index (χ3n) is 2.26. The SMILES string of the molecule is CCCn1nccc1CNC(C)C(N)=O. The van der Waals surface area contributed by atoms with E-state index in [4.69, 9.17) is 5.73 Å². The van der Waals surface area contributed by atoms with Gasteiger partial charge in [0.1, 0.15) is 0 Å². The summed E-state index contributed by atoms with van der Waals surface area (Å²) in [5, 5.41) is 7.24. The van der Waals surface area contributed by atoms with Gasteiger partial charge in [0.15, 0.2) is 0 Å². The number of nitrogens with zero attached hydrogens (tertiary/aromatic N) is 2. The van der Waals surface area contributed by atoms with Gasteiger partial charge in [-0.25, -0.2) is 0 Å². The molecule has 5 nitrogen and oxygen atoms in total. The predicted molar refractivity (Wildman–Crippen MR) is 58.0 cm³/mol. The van der Waals surface area contributed by atoms with E-state index in [-0.39, 0.29) is 11.9 Å². The van der Waals surface area contributed by atoms with Gasteiger partial charge in [0.05, 0.1) is 11.7 Å². The summed E-state index contributed by atoms with van der Waals surface area (Å²) in [6.45, 7) is 5.37. The smallest absolute Gasteiger partial charge is 0.234 e. The Hall–Kier alpha value is -1.36. The zero-order valence-corrected chi connectivity index (χ0v) is 9.23. The number of rotatable bonds is 6. The number of nitrogens with two attached hydrogens (primary N) is 1. The van der Waals surface area contributed by atoms with Gasteiger partial charge in [-0.15, -0.1) is 0 Å². The maximum atomic E-state index is 10.8. The maximum absolute atomic E-state index is 10.8. The van der Waals surface area contributed by atoms with Gasteiger partial charge in [0.25, 0.3) is 0 Å². The first-order chi connectivity index (χ1) is 7.15. The van der Waals surface area contributed by atoms with Gasteiger partial charge in [-0.05, 0) is 19.4 Å². The first-order valence-electron chi connectivity index (χ1n) is 5.18. The van der Waals surface area contributed by atoms with Crippen LogP contribution in [0.25, 0.3) is 0 Å². The van der Waals surface area contributed by atoms with E-state index < -0.39 is 0 Å². The third-order valence-corrected chi connectivity index (χ3v) is 2.26. The molecule has 0 fully saturated rings. The molecule has 0 aliphatic rings. The van der Waals surface area contributed by atoms with Gasteiger partial charge in [-0.3, -0.25) is 9.48 Å². The minimum atomic E-state index is -0.337. The molecule has 0 radical (unpaired) electrons. The summed E-state index contributed by atoms with van der Waals surface area (Å²) in [6.07, 6.45) is 2.81. The van der Waals surface area contributed by atoms with Gasteiger partial charge in [0, 0.05) is 19.3 Å². The minimum absolute atomic E-state index is 0.310. The van der Waals surface area contributed by atoms with Gasteiger partial charge in [-0.1, -0.05) is 6.92 Å². The lowest BCUT2D eigenvalue weighted by Gasteiger charge is -2.11. The Bertz CT molecular complexity index is 321. The van der Waals surface area contributed by atoms with E-state index in [1.807, 2.05) is 10.7 Å². The van der Waals surface area contributed by atoms with Gasteiger partial charge < -0.3 is 11.1 Å². The molecule has 0 saturated carbocycles. The number of carbonyl (C=O) groups excluding carboxylic acids is 1. The Morgan fingerprint density at radius 2 is 2.47 bits per heavy atom. The number of primary amides is 1. The molecule has 15 heavy (non-hydrogen) atoms. The average molecular weight is 210 g/mol. The van der Waals surface area contributed by atoms with Crippen LogP contribution >= 0.6 is 0 Å². The molecule has 0 saturated heterocycles. The summed E-state index contributed by atoms with van der Waals surface area (Å²) in [7, 11) is 0. The monoisotopic (exact) mass is 210 g/mol. The summed E-state index contributed by atoms with van der Waals surface area (Å²) < 4.78 is 1.93. The van der Waals surface area contributed by atoms with Crippen LogP contribution in [-0.4, -0.2) is 21.7 Å². The van der Waals surface area contributed by atoms with E-state index in [1.54, 1.807) is 13.1 Å². The average Bonchev–Trinajstić information content (AvgIpc) is 2.62. The number of nitrogens with one attached hydrogen (secondary N) is 1. The highest BCUT2D eigenvalue weighted by atomic mass is 16.1. The van der Waals surface area contributed by atoms with Crippen molar-refractivity contribution in [2.45, 2.75) is 39.4 Å². The fourth-order valence-electron chi connectivity index (χ4n) is 1.28. The highest BCUT2D eigenvalue weighted by Gasteiger charge is 2.08. The molecule has 1 amide bonds. The molecule has 1 rings (SSSR count). The van der Waals surface area contributed by atoms with Crippen molar-refractivity contribution in [2.75, 3.05) is 0 Å². The molecule has 0 bridgehead atoms. The highest BCUT2D eigenvalue weighted by molar-refractivity contribution is 5.79. The zero-order valence-electron chi connectivity index (χ0n) is 9.23. The number of amides is 1. The molecule has 0 aliphatic carbocycles. The van der Waals surface area contributed by atoms with E-state index in [1.165, 1.54) is 0 Å². The molecule has 5 heteroatoms. The second-order valence-corrected chi connectivity index (χ2v) is 3.55. The van der Waals surface area contributed by atoms with Crippen LogP contribution in [-0.2, 0) is 17.9 Å². The van der Waals surface area contributed by atoms with Crippen molar-refractivity contribution in [1.82, 2.24) is 15.1 Å². The van der Waals surface area contributed by atoms with Crippen molar-refractivity contribution in [3.05, 3.63) is 18.0 Å². The second-order valence-electron chi connectivity index (χ2n) is 3.55. The van der Waals surface area contributed by atoms with Crippen LogP contribution in [0.15, 0.2) is 12.3 Å². The van der Waals surface area contributed by atoms with E-state index in [2.05, 4.69) is 17.3 Å². The second kappa shape index (κ2) is 5.50. The molecule has 1 atom stereocenters. The fraction of sp³-hybridized carbons (Fsp3) is 0.600. The van der Waals surface area contributed by atoms with Crippen molar-refractivity contribution in [3.63, 3.8) is 0 Å². The van der Waals surface area contributed by atoms with Gasteiger partial charge in [-0.2, -0.15) is 5.10 Å². The standard InChI is InChI=1S/C10H18N4O/c1-3-6-14-9(4-5-13-14)7-12-8(2)10(11)15/h4-5,8,12H,3,6-7H2,1-2H3,(H2,11,15). The lowest BCUT2D eigenvalue weighted by atomic mass is 10.3. The van der Waals surface area contributed by atoms with Gasteiger partial charge in [0.2, 0.25) is 5.91 Å². The van der Waals surface area contributed by atoms with E-state index in [9.17, 15) is 4.79 Å². The van der Waals surface area contributed by atoms with Gasteiger partial charge >= 0.3 is 0 Å². The maximum Gasteiger partial charge on any atom is 0.234 e. The predicted octanol–water partition coefficient (Wildman–Crippen LogP) is 0.256. The Kier molecular flexibility index (Phi) is 4.30. The van der Waals surface area contributed by atoms with E-state index >= 15 is 0 Å². The van der Waals surface area contributed by atoms with Crippen LogP contribution in [0.3, 0.4) is 0 Å². The molecule has 0 aliphatic heterocycles. The molecular formula is C10H18N4O. The first kappa shape index (κ1) is 11.7. The van der Waals surface area contributed by atoms with Crippen molar-refractivity contribution < 1.29 is 4.79 Å². The molecule has 1 aromatic heterocycles. The van der Waals surface area contributed by atoms with Crippen LogP contribution in [0, 0.1) is 0 Å². The normalized spacial score (nSPS) is 12.7. The number of aryl methyl sites for hydroxylation is 1. The number of aromatic nitrogens is 2. The molecule has 3 N–H and O–H groups in total. The highest BCUT2D eigenvalue weighted by Crippen LogP contribution is 2.00. The largest absolute Gasteiger partial charge is 0.368 e. The molecule has 1 unspecified atom stereocenters. The Morgan fingerprint density at radius 3 is 3.07 bits per heavy atom. The van der Waals surface area contributed by atoms with Crippen LogP contribution < -0.4 is 11.1 Å². The Balaban J connectivity index is 2.49. The van der Waals surface area contributed by atoms with Crippen LogP contribution in [0.4, 0.5) is 0 Å². The molecule has 1 heterocycles. The molecule has 84 valence electrons. The summed E-state index contributed by atoms with van der Waals surface area (Å²) in [5.41, 5.74) is 6.22. The van der Waals surface area contributed by atoms with Crippen LogP contribution in [0.5, 0.6) is 0 Å². The van der Waals surface area contributed by atoms with Crippen molar-refractivity contribution in [1.29, 1.82) is 0 Å². The Morgan fingerprint density at radius 1 is 1.73 bits per heavy atom. The fourth-order valence-corrected chi connectivity index (χ4v) is 1.28. The van der Waals surface area contributed by atoms with Crippen LogP contribution in [0.2, 0.25) is 0 Å². The number of hydrogen-bond acceptors (Lipinski definition) is 3. The third kappa shape index (κ3) is 3.36. The van der Waals surface area contributed by atoms with E-state index in [0.29, 0.717) is 6.54 Å². The summed E-state index contributed by atoms with van der Waals surface area (Å²) in [5.74, 6) is -0.337. The van der Waals surface area contributed by atoms with Crippen molar-refractivity contribution >= 4 is 5.91 Å². The molecule has 1 aromatic rings. The van der Waals surface area contributed by atoms with Crippen LogP contribution in [0.1, 0.15) is 26.0 Å². The summed E-state index contributed by atoms with van der Waals surface area (Å²) in [6, 6.07) is 1.63. The lowest BCUT2D eigenvalue weighted by molar-refractivity contribution is -0.119. The quantitative estimate of drug-likeness (QED) is 0.707. The number of carbonyl (C=O) groups is 1. The molecular weight excluding hydrogens is 192 g/mol. The zero-order chi connectivity index (χ0) is 11.3. The minimum Gasteiger partial charge on any atom is -0.368 e. The lowest BCUT2D eigenvalue weighted by Crippen LogP contribution is -2.38. The topological polar surface area (TPSA) is 72.9 Å². The van der Waals surface area contributed by atoms with Crippen molar-refractivity contribution in [3.8, 4) is 0 Å². The Labute approximate surface area is 89.6 Å².